The molecule has 3 aliphatic carbocycles. The van der Waals surface area contributed by atoms with E-state index >= 15 is 0 Å². The highest BCUT2D eigenvalue weighted by Crippen LogP contribution is 2.57. The average molecular weight is 1900 g/mol. The molecule has 9 aromatic heterocycles. The molecule has 0 atom stereocenters. The maximum Gasteiger partial charge on any atom is 0.160 e. The van der Waals surface area contributed by atoms with Crippen LogP contribution in [0.1, 0.15) is 75.3 Å². The van der Waals surface area contributed by atoms with E-state index in [0.29, 0.717) is 0 Å². The lowest BCUT2D eigenvalue weighted by Gasteiger charge is -2.21. The largest absolute Gasteiger partial charge is 0.454 e. The molecule has 0 bridgehead atoms. The molecule has 12 heteroatoms. The number of para-hydroxylation sites is 6. The van der Waals surface area contributed by atoms with Crippen molar-refractivity contribution in [3.63, 3.8) is 0 Å². The standard InChI is InChI=1S/C49H34N4.C43H29N3O.C43H29N3S/c1-49(2)40-22-12-9-21-39(40)43-44(31-15-5-3-6-16-31)50-48(51-47(43)49)32-25-27-34(28-26-32)53-42-24-14-11-20-36(42)38-30-29-37-35-19-10-13-23-41(35)52(45(37)46(38)53)33-17-7-4-8-18-33;2*1-43(2)34-17-9-6-16-33(34)37-38(26-12-4-3-5-13-26)44-42(45-41(37)43)27-20-22-28(23-21-27)46-35-18-10-7-14-29(35)31-24-25-32-30-15-8-11-19-36(30)47-40(32)39(31)46/h3-30H,1-2H3;2*3-25H,1-2H3. The molecule has 0 saturated carbocycles. The third-order valence-electron chi connectivity index (χ3n) is 31.2. The predicted molar refractivity (Wildman–Crippen MR) is 609 cm³/mol. The van der Waals surface area contributed by atoms with E-state index in [-0.39, 0.29) is 16.2 Å². The van der Waals surface area contributed by atoms with Gasteiger partial charge in [0.2, 0.25) is 0 Å². The van der Waals surface area contributed by atoms with E-state index in [4.69, 9.17) is 34.3 Å². The molecule has 0 amide bonds. The summed E-state index contributed by atoms with van der Waals surface area (Å²) >= 11 is 1.88. The molecule has 0 unspecified atom stereocenters. The molecule has 0 radical (unpaired) electrons. The van der Waals surface area contributed by atoms with Gasteiger partial charge in [-0.15, -0.1) is 11.3 Å². The maximum absolute atomic E-state index is 6.55. The number of thiophene rings is 1. The van der Waals surface area contributed by atoms with Gasteiger partial charge in [-0.25, -0.2) is 29.9 Å². The summed E-state index contributed by atoms with van der Waals surface area (Å²) in [5.74, 6) is 2.23. The van der Waals surface area contributed by atoms with E-state index < -0.39 is 0 Å². The van der Waals surface area contributed by atoms with Crippen LogP contribution in [0.5, 0.6) is 0 Å². The number of fused-ring (bicyclic) bond motifs is 30. The highest BCUT2D eigenvalue weighted by atomic mass is 32.1. The van der Waals surface area contributed by atoms with Crippen molar-refractivity contribution >= 4 is 141 Å². The van der Waals surface area contributed by atoms with Crippen molar-refractivity contribution in [3.8, 4) is 124 Å². The van der Waals surface area contributed by atoms with E-state index in [9.17, 15) is 0 Å². The average Bonchev–Trinajstić information content (AvgIpc) is 1.49. The van der Waals surface area contributed by atoms with Gasteiger partial charge in [-0.1, -0.05) is 363 Å². The first-order valence-electron chi connectivity index (χ1n) is 50.5. The van der Waals surface area contributed by atoms with Crippen molar-refractivity contribution in [2.45, 2.75) is 57.8 Å². The topological polar surface area (TPSA) is 110 Å². The van der Waals surface area contributed by atoms with Gasteiger partial charge in [0.1, 0.15) is 5.58 Å². The Hall–Kier alpha value is -18.4. The second-order valence-electron chi connectivity index (χ2n) is 40.6. The molecule has 0 spiro atoms. The molecule has 0 saturated heterocycles. The molecule has 31 rings (SSSR count). The number of furan rings is 1. The molecule has 19 aromatic carbocycles. The number of hydrogen-bond acceptors (Lipinski definition) is 8. The Morgan fingerprint density at radius 2 is 0.497 bits per heavy atom. The molecule has 11 nitrogen and oxygen atoms in total. The minimum atomic E-state index is -0.251. The summed E-state index contributed by atoms with van der Waals surface area (Å²) < 4.78 is 18.8. The highest BCUT2D eigenvalue weighted by Gasteiger charge is 2.44. The quantitative estimate of drug-likeness (QED) is 0.134. The van der Waals surface area contributed by atoms with Crippen LogP contribution in [-0.2, 0) is 16.2 Å². The van der Waals surface area contributed by atoms with Crippen LogP contribution in [0.15, 0.2) is 453 Å². The van der Waals surface area contributed by atoms with Crippen molar-refractivity contribution in [3.05, 3.63) is 483 Å². The number of aromatic nitrogens is 10. The molecule has 0 N–H and O–H groups in total. The summed E-state index contributed by atoms with van der Waals surface area (Å²) in [4.78, 5) is 31.9. The zero-order chi connectivity index (χ0) is 97.8. The minimum absolute atomic E-state index is 0.230. The van der Waals surface area contributed by atoms with Crippen LogP contribution < -0.4 is 0 Å². The number of nitrogens with zero attached hydrogens (tertiary/aromatic N) is 10. The van der Waals surface area contributed by atoms with Crippen molar-refractivity contribution < 1.29 is 4.42 Å². The summed E-state index contributed by atoms with van der Waals surface area (Å²) in [7, 11) is 0. The second kappa shape index (κ2) is 32.8. The summed E-state index contributed by atoms with van der Waals surface area (Å²) in [6, 6.07) is 160. The molecule has 28 aromatic rings. The Balaban J connectivity index is 0.000000104. The van der Waals surface area contributed by atoms with Crippen molar-refractivity contribution in [2.24, 2.45) is 0 Å². The fourth-order valence-corrected chi connectivity index (χ4v) is 25.6. The highest BCUT2D eigenvalue weighted by molar-refractivity contribution is 7.26. The lowest BCUT2D eigenvalue weighted by Crippen LogP contribution is -2.17. The summed E-state index contributed by atoms with van der Waals surface area (Å²) in [5.41, 5.74) is 38.4. The molecule has 3 aliphatic rings. The van der Waals surface area contributed by atoms with Gasteiger partial charge in [-0.2, -0.15) is 0 Å². The molecule has 9 heterocycles. The van der Waals surface area contributed by atoms with Crippen LogP contribution in [0.25, 0.3) is 253 Å². The van der Waals surface area contributed by atoms with Crippen LogP contribution >= 0.6 is 11.3 Å². The first-order chi connectivity index (χ1) is 72.2. The Morgan fingerprint density at radius 1 is 0.211 bits per heavy atom. The molecule has 694 valence electrons. The Morgan fingerprint density at radius 3 is 0.891 bits per heavy atom. The van der Waals surface area contributed by atoms with E-state index in [0.717, 1.165) is 157 Å². The molecule has 147 heavy (non-hydrogen) atoms. The lowest BCUT2D eigenvalue weighted by atomic mass is 9.85. The zero-order valence-electron chi connectivity index (χ0n) is 81.5. The first-order valence-corrected chi connectivity index (χ1v) is 51.3. The van der Waals surface area contributed by atoms with E-state index in [2.05, 4.69) is 497 Å². The molecular weight excluding hydrogens is 1810 g/mol. The van der Waals surface area contributed by atoms with E-state index in [1.54, 1.807) is 0 Å². The van der Waals surface area contributed by atoms with Gasteiger partial charge in [0.15, 0.2) is 23.1 Å². The van der Waals surface area contributed by atoms with Crippen molar-refractivity contribution in [2.75, 3.05) is 0 Å². The smallest absolute Gasteiger partial charge is 0.160 e. The zero-order valence-corrected chi connectivity index (χ0v) is 82.3. The Labute approximate surface area is 851 Å². The number of benzene rings is 19. The third-order valence-corrected chi connectivity index (χ3v) is 32.4. The molecule has 0 fully saturated rings. The van der Waals surface area contributed by atoms with Crippen molar-refractivity contribution in [1.29, 1.82) is 0 Å². The van der Waals surface area contributed by atoms with Crippen LogP contribution in [0.2, 0.25) is 0 Å². The molecule has 0 aliphatic heterocycles. The van der Waals surface area contributed by atoms with Crippen LogP contribution in [-0.4, -0.2) is 48.2 Å². The second-order valence-corrected chi connectivity index (χ2v) is 41.6. The van der Waals surface area contributed by atoms with Gasteiger partial charge in [0.25, 0.3) is 0 Å². The number of hydrogen-bond donors (Lipinski definition) is 0. The molecular formula is C135H92N10OS. The van der Waals surface area contributed by atoms with Crippen LogP contribution in [0, 0.1) is 0 Å². The maximum atomic E-state index is 6.55. The van der Waals surface area contributed by atoms with Crippen LogP contribution in [0.4, 0.5) is 0 Å². The SMILES string of the molecule is CC1(C)c2ccccc2-c2c(-c3ccccc3)nc(-c3ccc(-n4c5ccccc5c5ccc6c7ccccc7n(-c7ccccc7)c6c54)cc3)nc21.CC1(C)c2ccccc2-c2c(-c3ccccc3)nc(-c3ccc(-n4c5ccccc5c5ccc6c7ccccc7oc6c54)cc3)nc21.CC1(C)c2ccccc2-c2c(-c3ccccc3)nc(-c3ccc(-n4c5ccccc5c5ccc6c7ccccc7sc6c54)cc3)nc21. The van der Waals surface area contributed by atoms with Crippen LogP contribution in [0.3, 0.4) is 0 Å². The van der Waals surface area contributed by atoms with Gasteiger partial charge < -0.3 is 22.7 Å². The van der Waals surface area contributed by atoms with Gasteiger partial charge in [0.05, 0.1) is 83.0 Å². The van der Waals surface area contributed by atoms with Gasteiger partial charge >= 0.3 is 0 Å². The lowest BCUT2D eigenvalue weighted by molar-refractivity contribution is 0.636. The van der Waals surface area contributed by atoms with Gasteiger partial charge in [0, 0.05) is 158 Å². The Kier molecular flexibility index (Phi) is 19.1. The van der Waals surface area contributed by atoms with Crippen molar-refractivity contribution in [1.82, 2.24) is 48.2 Å². The third kappa shape index (κ3) is 13.0. The predicted octanol–water partition coefficient (Wildman–Crippen LogP) is 35.0. The Bertz CT molecular complexity index is 9940. The minimum Gasteiger partial charge on any atom is -0.454 e. The summed E-state index contributed by atoms with van der Waals surface area (Å²) in [5, 5.41) is 14.7. The van der Waals surface area contributed by atoms with E-state index in [1.807, 2.05) is 23.5 Å². The summed E-state index contributed by atoms with van der Waals surface area (Å²) in [6.07, 6.45) is 0. The van der Waals surface area contributed by atoms with Gasteiger partial charge in [-0.3, -0.25) is 0 Å². The van der Waals surface area contributed by atoms with E-state index in [1.165, 1.54) is 130 Å². The fourth-order valence-electron chi connectivity index (χ4n) is 24.3. The first kappa shape index (κ1) is 85.4. The normalized spacial score (nSPS) is 13.4. The monoisotopic (exact) mass is 1900 g/mol. The number of rotatable bonds is 10. The fraction of sp³-hybridized carbons (Fsp3) is 0.0667. The van der Waals surface area contributed by atoms with Gasteiger partial charge in [-0.05, 0) is 161 Å². The summed E-state index contributed by atoms with van der Waals surface area (Å²) in [6.45, 7) is 13.7.